The third-order valence-corrected chi connectivity index (χ3v) is 6.24. The zero-order chi connectivity index (χ0) is 19.6. The lowest BCUT2D eigenvalue weighted by Gasteiger charge is -2.28. The Labute approximate surface area is 160 Å². The fourth-order valence-corrected chi connectivity index (χ4v) is 4.52. The van der Waals surface area contributed by atoms with Crippen LogP contribution in [0.5, 0.6) is 5.75 Å². The molecule has 2 aromatic rings. The fraction of sp³-hybridized carbons (Fsp3) is 0.350. The number of sulfonamides is 1. The summed E-state index contributed by atoms with van der Waals surface area (Å²) in [7, 11) is -2.35. The number of anilines is 1. The van der Waals surface area contributed by atoms with Crippen molar-refractivity contribution < 1.29 is 17.9 Å². The molecule has 0 aromatic heterocycles. The van der Waals surface area contributed by atoms with Gasteiger partial charge in [-0.1, -0.05) is 19.1 Å². The Hall–Kier alpha value is -2.54. The van der Waals surface area contributed by atoms with Gasteiger partial charge < -0.3 is 9.64 Å². The summed E-state index contributed by atoms with van der Waals surface area (Å²) in [5, 5.41) is 0. The maximum atomic E-state index is 12.9. The Balaban J connectivity index is 1.91. The van der Waals surface area contributed by atoms with Crippen molar-refractivity contribution in [3.8, 4) is 5.75 Å². The molecule has 0 atom stereocenters. The summed E-state index contributed by atoms with van der Waals surface area (Å²) in [5.74, 6) is 0.327. The van der Waals surface area contributed by atoms with Gasteiger partial charge in [0.25, 0.3) is 10.0 Å². The molecule has 0 saturated heterocycles. The Kier molecular flexibility index (Phi) is 5.41. The molecular weight excluding hydrogens is 364 g/mol. The number of hydrogen-bond donors (Lipinski definition) is 1. The molecule has 7 heteroatoms. The smallest absolute Gasteiger partial charge is 0.265 e. The highest BCUT2D eigenvalue weighted by Gasteiger charge is 2.22. The summed E-state index contributed by atoms with van der Waals surface area (Å²) in [5.41, 5.74) is 3.49. The minimum Gasteiger partial charge on any atom is -0.495 e. The molecule has 6 nitrogen and oxygen atoms in total. The van der Waals surface area contributed by atoms with Gasteiger partial charge in [0.05, 0.1) is 7.11 Å². The van der Waals surface area contributed by atoms with E-state index < -0.39 is 10.0 Å². The van der Waals surface area contributed by atoms with Gasteiger partial charge in [0.2, 0.25) is 5.91 Å². The predicted molar refractivity (Wildman–Crippen MR) is 104 cm³/mol. The highest BCUT2D eigenvalue weighted by Crippen LogP contribution is 2.29. The van der Waals surface area contributed by atoms with Gasteiger partial charge in [-0.2, -0.15) is 0 Å². The second-order valence-corrected chi connectivity index (χ2v) is 8.27. The van der Waals surface area contributed by atoms with Gasteiger partial charge in [0, 0.05) is 25.7 Å². The first-order valence-electron chi connectivity index (χ1n) is 8.91. The standard InChI is InChI=1S/C20H24N2O4S/c1-4-15-5-8-19(26-3)20(11-15)27(24,25)21-18-7-6-16-9-10-22(14(2)23)13-17(16)12-18/h5-8,11-12,21H,4,9-10,13H2,1-3H3. The second kappa shape index (κ2) is 7.60. The molecule has 1 amide bonds. The van der Waals surface area contributed by atoms with E-state index in [4.69, 9.17) is 4.74 Å². The van der Waals surface area contributed by atoms with Gasteiger partial charge >= 0.3 is 0 Å². The molecule has 0 spiro atoms. The average Bonchev–Trinajstić information content (AvgIpc) is 2.66. The van der Waals surface area contributed by atoms with Crippen LogP contribution in [0.3, 0.4) is 0 Å². The number of nitrogens with zero attached hydrogens (tertiary/aromatic N) is 1. The molecular formula is C20H24N2O4S. The van der Waals surface area contributed by atoms with E-state index in [1.807, 2.05) is 19.1 Å². The number of aryl methyl sites for hydroxylation is 1. The van der Waals surface area contributed by atoms with Crippen LogP contribution in [-0.2, 0) is 34.2 Å². The number of hydrogen-bond acceptors (Lipinski definition) is 4. The van der Waals surface area contributed by atoms with Crippen molar-refractivity contribution in [2.45, 2.75) is 38.1 Å². The SMILES string of the molecule is CCc1ccc(OC)c(S(=O)(=O)Nc2ccc3c(c2)CN(C(C)=O)CC3)c1. The number of rotatable bonds is 5. The number of carbonyl (C=O) groups excluding carboxylic acids is 1. The lowest BCUT2D eigenvalue weighted by atomic mass is 9.99. The van der Waals surface area contributed by atoms with Gasteiger partial charge in [0.1, 0.15) is 10.6 Å². The fourth-order valence-electron chi connectivity index (χ4n) is 3.25. The molecule has 0 unspecified atom stereocenters. The van der Waals surface area contributed by atoms with E-state index in [0.717, 1.165) is 29.5 Å². The van der Waals surface area contributed by atoms with E-state index >= 15 is 0 Å². The molecule has 0 aliphatic carbocycles. The maximum absolute atomic E-state index is 12.9. The van der Waals surface area contributed by atoms with Crippen molar-refractivity contribution in [2.24, 2.45) is 0 Å². The van der Waals surface area contributed by atoms with Crippen LogP contribution in [0.2, 0.25) is 0 Å². The summed E-state index contributed by atoms with van der Waals surface area (Å²) in [4.78, 5) is 13.5. The van der Waals surface area contributed by atoms with E-state index in [-0.39, 0.29) is 10.8 Å². The van der Waals surface area contributed by atoms with E-state index in [1.165, 1.54) is 7.11 Å². The van der Waals surface area contributed by atoms with Crippen molar-refractivity contribution >= 4 is 21.6 Å². The van der Waals surface area contributed by atoms with E-state index in [2.05, 4.69) is 4.72 Å². The molecule has 0 fully saturated rings. The molecule has 0 bridgehead atoms. The molecule has 144 valence electrons. The molecule has 1 N–H and O–H groups in total. The van der Waals surface area contributed by atoms with Crippen LogP contribution in [0.15, 0.2) is 41.3 Å². The molecule has 3 rings (SSSR count). The van der Waals surface area contributed by atoms with Crippen LogP contribution in [0.4, 0.5) is 5.69 Å². The Morgan fingerprint density at radius 3 is 2.63 bits per heavy atom. The second-order valence-electron chi connectivity index (χ2n) is 6.62. The van der Waals surface area contributed by atoms with Gasteiger partial charge in [-0.15, -0.1) is 0 Å². The lowest BCUT2D eigenvalue weighted by molar-refractivity contribution is -0.129. The normalized spacial score (nSPS) is 13.8. The highest BCUT2D eigenvalue weighted by atomic mass is 32.2. The van der Waals surface area contributed by atoms with Crippen molar-refractivity contribution in [3.63, 3.8) is 0 Å². The molecule has 1 heterocycles. The van der Waals surface area contributed by atoms with Gasteiger partial charge in [0.15, 0.2) is 0 Å². The average molecular weight is 388 g/mol. The number of carbonyl (C=O) groups is 1. The van der Waals surface area contributed by atoms with Crippen LogP contribution < -0.4 is 9.46 Å². The Morgan fingerprint density at radius 1 is 1.19 bits per heavy atom. The molecule has 27 heavy (non-hydrogen) atoms. The van der Waals surface area contributed by atoms with Crippen LogP contribution >= 0.6 is 0 Å². The summed E-state index contributed by atoms with van der Waals surface area (Å²) in [6.07, 6.45) is 1.50. The molecule has 2 aromatic carbocycles. The summed E-state index contributed by atoms with van der Waals surface area (Å²) >= 11 is 0. The first-order chi connectivity index (χ1) is 12.8. The molecule has 0 saturated carbocycles. The summed E-state index contributed by atoms with van der Waals surface area (Å²) in [6.45, 7) is 4.70. The number of methoxy groups -OCH3 is 1. The first-order valence-corrected chi connectivity index (χ1v) is 10.4. The van der Waals surface area contributed by atoms with Crippen LogP contribution in [-0.4, -0.2) is 32.9 Å². The minimum absolute atomic E-state index is 0.0211. The maximum Gasteiger partial charge on any atom is 0.265 e. The van der Waals surface area contributed by atoms with Crippen LogP contribution in [0.25, 0.3) is 0 Å². The largest absolute Gasteiger partial charge is 0.495 e. The zero-order valence-corrected chi connectivity index (χ0v) is 16.6. The van der Waals surface area contributed by atoms with E-state index in [1.54, 1.807) is 36.1 Å². The topological polar surface area (TPSA) is 75.7 Å². The van der Waals surface area contributed by atoms with Gasteiger partial charge in [-0.25, -0.2) is 8.42 Å². The van der Waals surface area contributed by atoms with Crippen LogP contribution in [0.1, 0.15) is 30.5 Å². The number of fused-ring (bicyclic) bond motifs is 1. The third kappa shape index (κ3) is 4.08. The van der Waals surface area contributed by atoms with Gasteiger partial charge in [-0.3, -0.25) is 9.52 Å². The molecule has 1 aliphatic heterocycles. The van der Waals surface area contributed by atoms with Crippen molar-refractivity contribution in [1.29, 1.82) is 0 Å². The molecule has 0 radical (unpaired) electrons. The Morgan fingerprint density at radius 2 is 1.96 bits per heavy atom. The molecule has 1 aliphatic rings. The first kappa shape index (κ1) is 19.2. The summed E-state index contributed by atoms with van der Waals surface area (Å²) < 4.78 is 33.7. The highest BCUT2D eigenvalue weighted by molar-refractivity contribution is 7.92. The quantitative estimate of drug-likeness (QED) is 0.854. The number of ether oxygens (including phenoxy) is 1. The van der Waals surface area contributed by atoms with Crippen molar-refractivity contribution in [2.75, 3.05) is 18.4 Å². The van der Waals surface area contributed by atoms with E-state index in [0.29, 0.717) is 24.5 Å². The number of benzene rings is 2. The van der Waals surface area contributed by atoms with Crippen LogP contribution in [0, 0.1) is 0 Å². The van der Waals surface area contributed by atoms with Crippen molar-refractivity contribution in [1.82, 2.24) is 4.90 Å². The third-order valence-electron chi connectivity index (χ3n) is 4.84. The van der Waals surface area contributed by atoms with E-state index in [9.17, 15) is 13.2 Å². The van der Waals surface area contributed by atoms with Gasteiger partial charge in [-0.05, 0) is 53.8 Å². The minimum atomic E-state index is -3.80. The lowest BCUT2D eigenvalue weighted by Crippen LogP contribution is -2.34. The number of amides is 1. The van der Waals surface area contributed by atoms with Crippen molar-refractivity contribution in [3.05, 3.63) is 53.1 Å². The Bertz CT molecular complexity index is 970. The zero-order valence-electron chi connectivity index (χ0n) is 15.8. The monoisotopic (exact) mass is 388 g/mol. The summed E-state index contributed by atoms with van der Waals surface area (Å²) in [6, 6.07) is 10.6. The number of nitrogens with one attached hydrogen (secondary N) is 1. The predicted octanol–water partition coefficient (Wildman–Crippen LogP) is 2.96.